The molecule has 96 valence electrons. The molecule has 0 saturated heterocycles. The van der Waals surface area contributed by atoms with E-state index in [0.29, 0.717) is 12.0 Å². The zero-order valence-corrected chi connectivity index (χ0v) is 11.3. The zero-order valence-electron chi connectivity index (χ0n) is 10.5. The van der Waals surface area contributed by atoms with Crippen molar-refractivity contribution in [1.29, 1.82) is 0 Å². The minimum atomic E-state index is -3.06. The first-order valence-electron chi connectivity index (χ1n) is 6.13. The lowest BCUT2D eigenvalue weighted by Crippen LogP contribution is -2.41. The standard InChI is InChI=1S/C11H24N2O2S/c1-4-9(2)12-8-10-6-5-7-11(10)13-16(3,14)15/h9-13H,4-8H2,1-3H3. The lowest BCUT2D eigenvalue weighted by molar-refractivity contribution is 0.391. The Kier molecular flexibility index (Phi) is 5.21. The largest absolute Gasteiger partial charge is 0.314 e. The zero-order chi connectivity index (χ0) is 12.2. The molecule has 0 aromatic heterocycles. The predicted molar refractivity (Wildman–Crippen MR) is 66.9 cm³/mol. The Morgan fingerprint density at radius 1 is 1.38 bits per heavy atom. The van der Waals surface area contributed by atoms with Gasteiger partial charge in [-0.15, -0.1) is 0 Å². The SMILES string of the molecule is CCC(C)NCC1CCCC1NS(C)(=O)=O. The van der Waals surface area contributed by atoms with Crippen molar-refractivity contribution in [3.63, 3.8) is 0 Å². The second-order valence-electron chi connectivity index (χ2n) is 4.91. The van der Waals surface area contributed by atoms with E-state index in [9.17, 15) is 8.42 Å². The Morgan fingerprint density at radius 3 is 2.62 bits per heavy atom. The van der Waals surface area contributed by atoms with Crippen LogP contribution in [0.1, 0.15) is 39.5 Å². The molecular formula is C11H24N2O2S. The van der Waals surface area contributed by atoms with Gasteiger partial charge >= 0.3 is 0 Å². The van der Waals surface area contributed by atoms with Crippen LogP contribution in [0.15, 0.2) is 0 Å². The van der Waals surface area contributed by atoms with Gasteiger partial charge in [-0.2, -0.15) is 0 Å². The molecule has 5 heteroatoms. The predicted octanol–water partition coefficient (Wildman–Crippen LogP) is 1.09. The van der Waals surface area contributed by atoms with E-state index in [-0.39, 0.29) is 6.04 Å². The summed E-state index contributed by atoms with van der Waals surface area (Å²) in [5.41, 5.74) is 0. The quantitative estimate of drug-likeness (QED) is 0.740. The molecule has 0 amide bonds. The molecule has 1 fully saturated rings. The summed E-state index contributed by atoms with van der Waals surface area (Å²) < 4.78 is 25.1. The number of nitrogens with one attached hydrogen (secondary N) is 2. The van der Waals surface area contributed by atoms with Crippen LogP contribution in [0.25, 0.3) is 0 Å². The Hall–Kier alpha value is -0.130. The average molecular weight is 248 g/mol. The third-order valence-corrected chi connectivity index (χ3v) is 4.10. The van der Waals surface area contributed by atoms with Gasteiger partial charge in [0.1, 0.15) is 0 Å². The summed E-state index contributed by atoms with van der Waals surface area (Å²) >= 11 is 0. The molecule has 0 aromatic rings. The normalized spacial score (nSPS) is 28.2. The number of rotatable bonds is 6. The van der Waals surface area contributed by atoms with Crippen LogP contribution in [0.4, 0.5) is 0 Å². The lowest BCUT2D eigenvalue weighted by atomic mass is 10.0. The van der Waals surface area contributed by atoms with E-state index in [1.54, 1.807) is 0 Å². The molecule has 0 radical (unpaired) electrons. The van der Waals surface area contributed by atoms with E-state index in [1.807, 2.05) is 0 Å². The molecule has 0 aliphatic heterocycles. The monoisotopic (exact) mass is 248 g/mol. The van der Waals surface area contributed by atoms with Crippen molar-refractivity contribution in [3.8, 4) is 0 Å². The van der Waals surface area contributed by atoms with Crippen LogP contribution in [0.2, 0.25) is 0 Å². The first-order valence-corrected chi connectivity index (χ1v) is 8.02. The highest BCUT2D eigenvalue weighted by Gasteiger charge is 2.29. The summed E-state index contributed by atoms with van der Waals surface area (Å²) in [4.78, 5) is 0. The fourth-order valence-corrected chi connectivity index (χ4v) is 3.07. The van der Waals surface area contributed by atoms with Crippen molar-refractivity contribution in [2.24, 2.45) is 5.92 Å². The molecule has 4 nitrogen and oxygen atoms in total. The summed E-state index contributed by atoms with van der Waals surface area (Å²) in [5.74, 6) is 0.448. The third kappa shape index (κ3) is 4.80. The fraction of sp³-hybridized carbons (Fsp3) is 1.00. The van der Waals surface area contributed by atoms with E-state index < -0.39 is 10.0 Å². The summed E-state index contributed by atoms with van der Waals surface area (Å²) in [6.07, 6.45) is 5.57. The van der Waals surface area contributed by atoms with Gasteiger partial charge < -0.3 is 5.32 Å². The van der Waals surface area contributed by atoms with Gasteiger partial charge in [-0.3, -0.25) is 0 Å². The molecular weight excluding hydrogens is 224 g/mol. The number of sulfonamides is 1. The second kappa shape index (κ2) is 5.98. The molecule has 0 bridgehead atoms. The van der Waals surface area contributed by atoms with Crippen molar-refractivity contribution in [2.75, 3.05) is 12.8 Å². The number of hydrogen-bond donors (Lipinski definition) is 2. The van der Waals surface area contributed by atoms with Crippen molar-refractivity contribution in [3.05, 3.63) is 0 Å². The minimum Gasteiger partial charge on any atom is -0.314 e. The van der Waals surface area contributed by atoms with Gasteiger partial charge in [-0.1, -0.05) is 13.3 Å². The van der Waals surface area contributed by atoms with E-state index >= 15 is 0 Å². The van der Waals surface area contributed by atoms with Gasteiger partial charge in [0.05, 0.1) is 6.26 Å². The first-order chi connectivity index (χ1) is 7.42. The van der Waals surface area contributed by atoms with Crippen LogP contribution in [-0.4, -0.2) is 33.3 Å². The minimum absolute atomic E-state index is 0.131. The second-order valence-corrected chi connectivity index (χ2v) is 6.69. The van der Waals surface area contributed by atoms with Gasteiger partial charge in [0, 0.05) is 12.1 Å². The molecule has 3 atom stereocenters. The fourth-order valence-electron chi connectivity index (χ4n) is 2.21. The maximum absolute atomic E-state index is 11.2. The van der Waals surface area contributed by atoms with Crippen LogP contribution in [-0.2, 0) is 10.0 Å². The average Bonchev–Trinajstić information content (AvgIpc) is 2.59. The Bertz CT molecular complexity index is 303. The lowest BCUT2D eigenvalue weighted by Gasteiger charge is -2.22. The van der Waals surface area contributed by atoms with Crippen LogP contribution in [0.3, 0.4) is 0 Å². The molecule has 1 rings (SSSR count). The van der Waals surface area contributed by atoms with Gasteiger partial charge in [0.2, 0.25) is 10.0 Å². The molecule has 2 N–H and O–H groups in total. The van der Waals surface area contributed by atoms with Gasteiger partial charge in [0.15, 0.2) is 0 Å². The number of hydrogen-bond acceptors (Lipinski definition) is 3. The molecule has 0 heterocycles. The summed E-state index contributed by atoms with van der Waals surface area (Å²) in [6.45, 7) is 5.23. The van der Waals surface area contributed by atoms with Crippen molar-refractivity contribution < 1.29 is 8.42 Å². The van der Waals surface area contributed by atoms with Crippen molar-refractivity contribution >= 4 is 10.0 Å². The van der Waals surface area contributed by atoms with E-state index in [1.165, 1.54) is 6.26 Å². The molecule has 1 aliphatic carbocycles. The van der Waals surface area contributed by atoms with Crippen LogP contribution in [0.5, 0.6) is 0 Å². The Labute approximate surface area is 99.2 Å². The van der Waals surface area contributed by atoms with Crippen molar-refractivity contribution in [2.45, 2.75) is 51.6 Å². The summed E-state index contributed by atoms with van der Waals surface area (Å²) in [5, 5.41) is 3.46. The first kappa shape index (κ1) is 13.9. The highest BCUT2D eigenvalue weighted by Crippen LogP contribution is 2.25. The molecule has 3 unspecified atom stereocenters. The van der Waals surface area contributed by atoms with Crippen LogP contribution < -0.4 is 10.0 Å². The van der Waals surface area contributed by atoms with E-state index in [2.05, 4.69) is 23.9 Å². The maximum atomic E-state index is 11.2. The van der Waals surface area contributed by atoms with E-state index in [4.69, 9.17) is 0 Å². The van der Waals surface area contributed by atoms with Crippen LogP contribution in [0, 0.1) is 5.92 Å². The van der Waals surface area contributed by atoms with Crippen LogP contribution >= 0.6 is 0 Å². The smallest absolute Gasteiger partial charge is 0.208 e. The topological polar surface area (TPSA) is 58.2 Å². The summed E-state index contributed by atoms with van der Waals surface area (Å²) in [6, 6.07) is 0.644. The van der Waals surface area contributed by atoms with Crippen molar-refractivity contribution in [1.82, 2.24) is 10.0 Å². The molecule has 1 aliphatic rings. The highest BCUT2D eigenvalue weighted by molar-refractivity contribution is 7.88. The van der Waals surface area contributed by atoms with Gasteiger partial charge in [-0.25, -0.2) is 13.1 Å². The Morgan fingerprint density at radius 2 is 2.06 bits per heavy atom. The molecule has 1 saturated carbocycles. The molecule has 0 aromatic carbocycles. The third-order valence-electron chi connectivity index (χ3n) is 3.37. The molecule has 0 spiro atoms. The highest BCUT2D eigenvalue weighted by atomic mass is 32.2. The van der Waals surface area contributed by atoms with Gasteiger partial charge in [0.25, 0.3) is 0 Å². The summed E-state index contributed by atoms with van der Waals surface area (Å²) in [7, 11) is -3.06. The maximum Gasteiger partial charge on any atom is 0.208 e. The Balaban J connectivity index is 2.40. The van der Waals surface area contributed by atoms with Gasteiger partial charge in [-0.05, 0) is 38.6 Å². The molecule has 16 heavy (non-hydrogen) atoms. The van der Waals surface area contributed by atoms with E-state index in [0.717, 1.165) is 32.2 Å².